The number of ether oxygens (including phenoxy) is 1. The van der Waals surface area contributed by atoms with Gasteiger partial charge in [-0.1, -0.05) is 59.6 Å². The maximum Gasteiger partial charge on any atom is 0.316 e. The molecule has 0 bridgehead atoms. The van der Waals surface area contributed by atoms with Gasteiger partial charge in [0.25, 0.3) is 0 Å². The van der Waals surface area contributed by atoms with E-state index in [1.807, 2.05) is 30.3 Å². The molecule has 0 radical (unpaired) electrons. The van der Waals surface area contributed by atoms with E-state index in [0.29, 0.717) is 18.1 Å². The van der Waals surface area contributed by atoms with Gasteiger partial charge in [0.15, 0.2) is 5.75 Å². The van der Waals surface area contributed by atoms with Crippen molar-refractivity contribution >= 4 is 35.1 Å². The molecule has 0 N–H and O–H groups in total. The van der Waals surface area contributed by atoms with E-state index >= 15 is 0 Å². The molecule has 3 rings (SSSR count). The van der Waals surface area contributed by atoms with Crippen molar-refractivity contribution in [2.45, 2.75) is 13.0 Å². The molecule has 1 amide bonds. The van der Waals surface area contributed by atoms with Crippen LogP contribution in [0.15, 0.2) is 48.5 Å². The summed E-state index contributed by atoms with van der Waals surface area (Å²) < 4.78 is 5.32. The van der Waals surface area contributed by atoms with Crippen LogP contribution in [0.5, 0.6) is 5.75 Å². The summed E-state index contributed by atoms with van der Waals surface area (Å²) in [7, 11) is 0. The second-order valence-corrected chi connectivity index (χ2v) is 6.42. The van der Waals surface area contributed by atoms with Crippen molar-refractivity contribution in [1.82, 2.24) is 4.90 Å². The molecule has 0 saturated carbocycles. The second kappa shape index (κ2) is 7.24. The summed E-state index contributed by atoms with van der Waals surface area (Å²) in [4.78, 5) is 26.1. The third-order valence-electron chi connectivity index (χ3n) is 3.89. The molecule has 2 aromatic carbocycles. The molecule has 4 nitrogen and oxygen atoms in total. The van der Waals surface area contributed by atoms with Crippen molar-refractivity contribution in [2.75, 3.05) is 6.54 Å². The van der Waals surface area contributed by atoms with E-state index in [1.54, 1.807) is 23.1 Å². The lowest BCUT2D eigenvalue weighted by Gasteiger charge is -2.16. The molecule has 2 aromatic rings. The van der Waals surface area contributed by atoms with Gasteiger partial charge in [-0.05, 0) is 17.7 Å². The van der Waals surface area contributed by atoms with Gasteiger partial charge in [-0.15, -0.1) is 0 Å². The Morgan fingerprint density at radius 3 is 2.62 bits per heavy atom. The molecule has 24 heavy (non-hydrogen) atoms. The third kappa shape index (κ3) is 3.71. The number of hydrogen-bond donors (Lipinski definition) is 0. The molecular weight excluding hydrogens is 349 g/mol. The van der Waals surface area contributed by atoms with E-state index in [9.17, 15) is 9.59 Å². The molecule has 0 spiro atoms. The van der Waals surface area contributed by atoms with Crippen molar-refractivity contribution in [3.63, 3.8) is 0 Å². The van der Waals surface area contributed by atoms with Crippen molar-refractivity contribution in [2.24, 2.45) is 5.92 Å². The Hall–Kier alpha value is -2.04. The van der Waals surface area contributed by atoms with Gasteiger partial charge in [-0.3, -0.25) is 9.59 Å². The summed E-state index contributed by atoms with van der Waals surface area (Å²) in [6, 6.07) is 14.5. The summed E-state index contributed by atoms with van der Waals surface area (Å²) in [5.74, 6) is -0.819. The van der Waals surface area contributed by atoms with E-state index < -0.39 is 11.9 Å². The normalized spacial score (nSPS) is 17.2. The number of amides is 1. The molecule has 1 aliphatic heterocycles. The quantitative estimate of drug-likeness (QED) is 0.610. The number of hydrogen-bond acceptors (Lipinski definition) is 3. The Morgan fingerprint density at radius 2 is 1.88 bits per heavy atom. The van der Waals surface area contributed by atoms with Crippen LogP contribution in [0.25, 0.3) is 0 Å². The van der Waals surface area contributed by atoms with E-state index in [2.05, 4.69) is 0 Å². The zero-order valence-corrected chi connectivity index (χ0v) is 14.3. The summed E-state index contributed by atoms with van der Waals surface area (Å²) >= 11 is 11.9. The molecule has 124 valence electrons. The number of likely N-dealkylation sites (tertiary alicyclic amines) is 1. The first-order chi connectivity index (χ1) is 11.5. The summed E-state index contributed by atoms with van der Waals surface area (Å²) in [5.41, 5.74) is 1.03. The second-order valence-electron chi connectivity index (χ2n) is 5.63. The standard InChI is InChI=1S/C18H15Cl2NO3/c19-14-7-4-8-15(17(14)20)24-18(23)13-9-16(22)21(11-13)10-12-5-2-1-3-6-12/h1-8,13H,9-11H2/t13-/m1/s1. The SMILES string of the molecule is O=C(Oc1cccc(Cl)c1Cl)[C@@H]1CC(=O)N(Cc2ccccc2)C1. The lowest BCUT2D eigenvalue weighted by atomic mass is 10.1. The van der Waals surface area contributed by atoms with Crippen molar-refractivity contribution in [3.8, 4) is 5.75 Å². The highest BCUT2D eigenvalue weighted by Crippen LogP contribution is 2.32. The summed E-state index contributed by atoms with van der Waals surface area (Å²) in [6.07, 6.45) is 0.143. The van der Waals surface area contributed by atoms with Crippen LogP contribution in [0, 0.1) is 5.92 Å². The predicted molar refractivity (Wildman–Crippen MR) is 92.1 cm³/mol. The summed E-state index contributed by atoms with van der Waals surface area (Å²) in [6.45, 7) is 0.826. The van der Waals surface area contributed by atoms with Crippen molar-refractivity contribution in [1.29, 1.82) is 0 Å². The van der Waals surface area contributed by atoms with Crippen LogP contribution < -0.4 is 4.74 Å². The van der Waals surface area contributed by atoms with Crippen LogP contribution in [0.3, 0.4) is 0 Å². The number of carbonyl (C=O) groups excluding carboxylic acids is 2. The average molecular weight is 364 g/mol. The number of carbonyl (C=O) groups is 2. The third-order valence-corrected chi connectivity index (χ3v) is 4.69. The summed E-state index contributed by atoms with van der Waals surface area (Å²) in [5, 5.41) is 0.508. The maximum absolute atomic E-state index is 12.3. The molecule has 1 atom stereocenters. The van der Waals surface area contributed by atoms with Gasteiger partial charge in [-0.2, -0.15) is 0 Å². The van der Waals surface area contributed by atoms with E-state index in [4.69, 9.17) is 27.9 Å². The molecule has 6 heteroatoms. The smallest absolute Gasteiger partial charge is 0.316 e. The number of benzene rings is 2. The first-order valence-corrected chi connectivity index (χ1v) is 8.27. The van der Waals surface area contributed by atoms with Crippen LogP contribution in [0.2, 0.25) is 10.0 Å². The zero-order valence-electron chi connectivity index (χ0n) is 12.7. The van der Waals surface area contributed by atoms with Gasteiger partial charge in [0.1, 0.15) is 5.02 Å². The Labute approximate surface area is 149 Å². The minimum Gasteiger partial charge on any atom is -0.425 e. The van der Waals surface area contributed by atoms with Crippen LogP contribution in [-0.2, 0) is 16.1 Å². The number of halogens is 2. The van der Waals surface area contributed by atoms with Gasteiger partial charge in [0, 0.05) is 19.5 Å². The highest BCUT2D eigenvalue weighted by molar-refractivity contribution is 6.43. The highest BCUT2D eigenvalue weighted by Gasteiger charge is 2.35. The number of rotatable bonds is 4. The maximum atomic E-state index is 12.3. The van der Waals surface area contributed by atoms with Crippen LogP contribution in [0.4, 0.5) is 0 Å². The van der Waals surface area contributed by atoms with E-state index in [-0.39, 0.29) is 23.1 Å². The molecule has 1 fully saturated rings. The highest BCUT2D eigenvalue weighted by atomic mass is 35.5. The van der Waals surface area contributed by atoms with Gasteiger partial charge >= 0.3 is 5.97 Å². The van der Waals surface area contributed by atoms with Crippen LogP contribution in [0.1, 0.15) is 12.0 Å². The topological polar surface area (TPSA) is 46.6 Å². The minimum atomic E-state index is -0.503. The van der Waals surface area contributed by atoms with Crippen molar-refractivity contribution < 1.29 is 14.3 Å². The lowest BCUT2D eigenvalue weighted by molar-refractivity contribution is -0.139. The Kier molecular flexibility index (Phi) is 5.07. The zero-order chi connectivity index (χ0) is 17.1. The van der Waals surface area contributed by atoms with Gasteiger partial charge in [0.05, 0.1) is 10.9 Å². The molecule has 0 unspecified atom stereocenters. The molecule has 0 aliphatic carbocycles. The fourth-order valence-electron chi connectivity index (χ4n) is 2.64. The first kappa shape index (κ1) is 16.8. The van der Waals surface area contributed by atoms with Crippen LogP contribution in [-0.4, -0.2) is 23.3 Å². The van der Waals surface area contributed by atoms with Crippen molar-refractivity contribution in [3.05, 3.63) is 64.1 Å². The van der Waals surface area contributed by atoms with Crippen LogP contribution >= 0.6 is 23.2 Å². The fraction of sp³-hybridized carbons (Fsp3) is 0.222. The average Bonchev–Trinajstić information content (AvgIpc) is 2.94. The largest absolute Gasteiger partial charge is 0.425 e. The Morgan fingerprint density at radius 1 is 1.12 bits per heavy atom. The monoisotopic (exact) mass is 363 g/mol. The van der Waals surface area contributed by atoms with Gasteiger partial charge in [0.2, 0.25) is 5.91 Å². The molecular formula is C18H15Cl2NO3. The van der Waals surface area contributed by atoms with Gasteiger partial charge in [-0.25, -0.2) is 0 Å². The lowest BCUT2D eigenvalue weighted by Crippen LogP contribution is -2.27. The van der Waals surface area contributed by atoms with E-state index in [1.165, 1.54) is 0 Å². The fourth-order valence-corrected chi connectivity index (χ4v) is 2.97. The molecule has 1 saturated heterocycles. The number of esters is 1. The minimum absolute atomic E-state index is 0.0574. The molecule has 1 aliphatic rings. The van der Waals surface area contributed by atoms with E-state index in [0.717, 1.165) is 5.56 Å². The first-order valence-electron chi connectivity index (χ1n) is 7.52. The van der Waals surface area contributed by atoms with Gasteiger partial charge < -0.3 is 9.64 Å². The molecule has 0 aromatic heterocycles. The Bertz CT molecular complexity index is 764. The predicted octanol–water partition coefficient (Wildman–Crippen LogP) is 3.95. The molecule has 1 heterocycles. The number of nitrogens with zero attached hydrogens (tertiary/aromatic N) is 1. The Balaban J connectivity index is 1.64.